The van der Waals surface area contributed by atoms with Crippen molar-refractivity contribution in [1.29, 1.82) is 0 Å². The lowest BCUT2D eigenvalue weighted by Crippen LogP contribution is -2.12. The zero-order chi connectivity index (χ0) is 11.3. The molecular weight excluding hydrogens is 204 g/mol. The van der Waals surface area contributed by atoms with Gasteiger partial charge in [0.2, 0.25) is 11.5 Å². The number of rotatable bonds is 0. The summed E-state index contributed by atoms with van der Waals surface area (Å²) in [4.78, 5) is 11.7. The first-order valence-corrected chi connectivity index (χ1v) is 4.88. The number of carbonyl (C=O) groups excluding carboxylic acids is 1. The van der Waals surface area contributed by atoms with Gasteiger partial charge in [0, 0.05) is 5.57 Å². The molecule has 0 spiro atoms. The first-order valence-electron chi connectivity index (χ1n) is 4.88. The number of allylic oxidation sites excluding steroid dienone is 3. The molecule has 2 N–H and O–H groups in total. The lowest BCUT2D eigenvalue weighted by atomic mass is 9.94. The smallest absolute Gasteiger partial charge is 0.231 e. The Bertz CT molecular complexity index is 603. The molecule has 3 rings (SSSR count). The summed E-state index contributed by atoms with van der Waals surface area (Å²) in [6, 6.07) is 7.53. The molecule has 2 aliphatic rings. The molecule has 0 atom stereocenters. The van der Waals surface area contributed by atoms with Crippen molar-refractivity contribution in [3.05, 3.63) is 58.6 Å². The van der Waals surface area contributed by atoms with Gasteiger partial charge in [-0.1, -0.05) is 24.3 Å². The van der Waals surface area contributed by atoms with Crippen LogP contribution in [0.2, 0.25) is 0 Å². The van der Waals surface area contributed by atoms with Crippen molar-refractivity contribution in [1.82, 2.24) is 0 Å². The fourth-order valence-electron chi connectivity index (χ4n) is 2.04. The highest BCUT2D eigenvalue weighted by Crippen LogP contribution is 2.39. The number of ketones is 1. The Hall–Kier alpha value is -2.29. The Morgan fingerprint density at radius 2 is 1.69 bits per heavy atom. The number of carbonyl (C=O) groups is 1. The molecule has 0 radical (unpaired) electrons. The van der Waals surface area contributed by atoms with Crippen LogP contribution in [-0.4, -0.2) is 16.0 Å². The van der Waals surface area contributed by atoms with Crippen molar-refractivity contribution in [3.63, 3.8) is 0 Å². The molecule has 0 saturated carbocycles. The van der Waals surface area contributed by atoms with Gasteiger partial charge in [0.25, 0.3) is 0 Å². The van der Waals surface area contributed by atoms with Crippen molar-refractivity contribution in [2.24, 2.45) is 0 Å². The van der Waals surface area contributed by atoms with Crippen LogP contribution in [0, 0.1) is 0 Å². The molecule has 0 bridgehead atoms. The van der Waals surface area contributed by atoms with E-state index in [1.165, 1.54) is 6.08 Å². The summed E-state index contributed by atoms with van der Waals surface area (Å²) in [6.45, 7) is 0. The number of fused-ring (bicyclic) bond motifs is 3. The standard InChI is InChI=1S/C13H8O3/c14-11-6-9-8-4-2-1-3-7(8)5-10(9)12(15)13(11)16/h1-6,14,16H. The average molecular weight is 212 g/mol. The topological polar surface area (TPSA) is 57.5 Å². The second-order valence-electron chi connectivity index (χ2n) is 3.77. The summed E-state index contributed by atoms with van der Waals surface area (Å²) >= 11 is 0. The van der Waals surface area contributed by atoms with Crippen LogP contribution in [0.1, 0.15) is 11.1 Å². The molecule has 3 nitrogen and oxygen atoms in total. The van der Waals surface area contributed by atoms with Crippen molar-refractivity contribution in [2.75, 3.05) is 0 Å². The minimum atomic E-state index is -0.581. The van der Waals surface area contributed by atoms with Crippen LogP contribution in [-0.2, 0) is 4.79 Å². The predicted molar refractivity (Wildman–Crippen MR) is 59.7 cm³/mol. The predicted octanol–water partition coefficient (Wildman–Crippen LogP) is 2.38. The molecule has 2 aliphatic carbocycles. The van der Waals surface area contributed by atoms with Crippen molar-refractivity contribution in [2.45, 2.75) is 0 Å². The highest BCUT2D eigenvalue weighted by atomic mass is 16.3. The van der Waals surface area contributed by atoms with Crippen LogP contribution < -0.4 is 0 Å². The van der Waals surface area contributed by atoms with Gasteiger partial charge in [-0.3, -0.25) is 4.79 Å². The maximum absolute atomic E-state index is 11.7. The normalized spacial score (nSPS) is 17.9. The van der Waals surface area contributed by atoms with Gasteiger partial charge in [-0.2, -0.15) is 0 Å². The van der Waals surface area contributed by atoms with Crippen molar-refractivity contribution >= 4 is 17.4 Å². The van der Waals surface area contributed by atoms with E-state index in [1.54, 1.807) is 6.08 Å². The summed E-state index contributed by atoms with van der Waals surface area (Å²) in [5, 5.41) is 18.8. The summed E-state index contributed by atoms with van der Waals surface area (Å²) in [7, 11) is 0. The van der Waals surface area contributed by atoms with E-state index in [9.17, 15) is 15.0 Å². The number of hydrogen-bond donors (Lipinski definition) is 2. The average Bonchev–Trinajstić information content (AvgIpc) is 2.65. The highest BCUT2D eigenvalue weighted by Gasteiger charge is 2.31. The third-order valence-corrected chi connectivity index (χ3v) is 2.82. The molecule has 0 heterocycles. The molecular formula is C13H8O3. The van der Waals surface area contributed by atoms with Gasteiger partial charge in [-0.05, 0) is 28.9 Å². The van der Waals surface area contributed by atoms with Gasteiger partial charge in [-0.25, -0.2) is 0 Å². The Labute approximate surface area is 91.7 Å². The summed E-state index contributed by atoms with van der Waals surface area (Å²) in [5.74, 6) is -1.47. The summed E-state index contributed by atoms with van der Waals surface area (Å²) in [5.41, 5.74) is 2.96. The zero-order valence-corrected chi connectivity index (χ0v) is 8.27. The molecule has 0 saturated heterocycles. The van der Waals surface area contributed by atoms with Crippen LogP contribution in [0.25, 0.3) is 11.6 Å². The molecule has 78 valence electrons. The number of Topliss-reactive ketones (excluding diaryl/α,β-unsaturated/α-hetero) is 1. The second kappa shape index (κ2) is 2.85. The van der Waals surface area contributed by atoms with Crippen LogP contribution in [0.15, 0.2) is 47.4 Å². The lowest BCUT2D eigenvalue weighted by molar-refractivity contribution is -0.114. The second-order valence-corrected chi connectivity index (χ2v) is 3.77. The minimum absolute atomic E-state index is 0.367. The van der Waals surface area contributed by atoms with Gasteiger partial charge in [-0.15, -0.1) is 0 Å². The SMILES string of the molecule is O=C1C2=Cc3ccccc3C2=CC(O)=C1O. The van der Waals surface area contributed by atoms with E-state index in [-0.39, 0.29) is 5.76 Å². The summed E-state index contributed by atoms with van der Waals surface area (Å²) in [6.07, 6.45) is 3.15. The Balaban J connectivity index is 2.28. The molecule has 1 aromatic carbocycles. The Kier molecular flexibility index (Phi) is 1.60. The van der Waals surface area contributed by atoms with Crippen LogP contribution in [0.3, 0.4) is 0 Å². The van der Waals surface area contributed by atoms with Gasteiger partial charge in [0.15, 0.2) is 5.76 Å². The van der Waals surface area contributed by atoms with E-state index in [4.69, 9.17) is 0 Å². The third kappa shape index (κ3) is 0.997. The van der Waals surface area contributed by atoms with Crippen molar-refractivity contribution < 1.29 is 15.0 Å². The molecule has 0 aliphatic heterocycles. The Morgan fingerprint density at radius 3 is 2.50 bits per heavy atom. The molecule has 0 unspecified atom stereocenters. The maximum Gasteiger partial charge on any atom is 0.231 e. The maximum atomic E-state index is 11.7. The van der Waals surface area contributed by atoms with E-state index in [0.717, 1.165) is 11.1 Å². The Morgan fingerprint density at radius 1 is 0.938 bits per heavy atom. The fraction of sp³-hybridized carbons (Fsp3) is 0. The quantitative estimate of drug-likeness (QED) is 0.694. The van der Waals surface area contributed by atoms with Crippen LogP contribution >= 0.6 is 0 Å². The first kappa shape index (κ1) is 8.97. The third-order valence-electron chi connectivity index (χ3n) is 2.82. The van der Waals surface area contributed by atoms with E-state index >= 15 is 0 Å². The minimum Gasteiger partial charge on any atom is -0.504 e. The van der Waals surface area contributed by atoms with E-state index in [2.05, 4.69) is 0 Å². The lowest BCUT2D eigenvalue weighted by Gasteiger charge is -2.11. The van der Waals surface area contributed by atoms with Gasteiger partial charge < -0.3 is 10.2 Å². The number of hydrogen-bond acceptors (Lipinski definition) is 3. The van der Waals surface area contributed by atoms with E-state index in [1.807, 2.05) is 24.3 Å². The molecule has 3 heteroatoms. The zero-order valence-electron chi connectivity index (χ0n) is 8.27. The van der Waals surface area contributed by atoms with Gasteiger partial charge in [0.1, 0.15) is 0 Å². The molecule has 0 amide bonds. The highest BCUT2D eigenvalue weighted by molar-refractivity contribution is 6.25. The number of benzene rings is 1. The molecule has 1 aromatic rings. The van der Waals surface area contributed by atoms with Crippen LogP contribution in [0.5, 0.6) is 0 Å². The van der Waals surface area contributed by atoms with E-state index < -0.39 is 11.5 Å². The number of aliphatic hydroxyl groups is 2. The molecule has 0 aromatic heterocycles. The molecule has 0 fully saturated rings. The summed E-state index contributed by atoms with van der Waals surface area (Å²) < 4.78 is 0. The van der Waals surface area contributed by atoms with Gasteiger partial charge in [0.05, 0.1) is 0 Å². The molecule has 16 heavy (non-hydrogen) atoms. The van der Waals surface area contributed by atoms with Crippen LogP contribution in [0.4, 0.5) is 0 Å². The largest absolute Gasteiger partial charge is 0.504 e. The van der Waals surface area contributed by atoms with Crippen molar-refractivity contribution in [3.8, 4) is 0 Å². The van der Waals surface area contributed by atoms with Gasteiger partial charge >= 0.3 is 0 Å². The van der Waals surface area contributed by atoms with E-state index in [0.29, 0.717) is 11.1 Å². The number of aliphatic hydroxyl groups excluding tert-OH is 2. The first-order chi connectivity index (χ1) is 7.68. The monoisotopic (exact) mass is 212 g/mol. The fourth-order valence-corrected chi connectivity index (χ4v) is 2.04.